The largest absolute Gasteiger partial charge is 0.488 e. The quantitative estimate of drug-likeness (QED) is 0.750. The number of aromatic nitrogens is 1. The van der Waals surface area contributed by atoms with Crippen molar-refractivity contribution in [3.05, 3.63) is 41.9 Å². The van der Waals surface area contributed by atoms with Crippen LogP contribution in [0.1, 0.15) is 49.4 Å². The van der Waals surface area contributed by atoms with Crippen LogP contribution in [0.2, 0.25) is 0 Å². The molecule has 1 saturated heterocycles. The fourth-order valence-corrected chi connectivity index (χ4v) is 4.50. The summed E-state index contributed by atoms with van der Waals surface area (Å²) in [5.41, 5.74) is 1.47. The lowest BCUT2D eigenvalue weighted by atomic mass is 10.2. The maximum absolute atomic E-state index is 13.0. The van der Waals surface area contributed by atoms with Crippen molar-refractivity contribution in [2.24, 2.45) is 4.99 Å². The second-order valence-corrected chi connectivity index (χ2v) is 8.26. The highest BCUT2D eigenvalue weighted by Gasteiger charge is 2.34. The SMILES string of the molecule is CCC1N=C2C=C(N3CCOc4cc(C(=O)N5CCCCCC5)cnc43)C=CN2C1=O. The Hall–Kier alpha value is -3.16. The summed E-state index contributed by atoms with van der Waals surface area (Å²) < 4.78 is 5.86. The number of allylic oxidation sites excluding steroid dienone is 1. The molecule has 0 aliphatic carbocycles. The summed E-state index contributed by atoms with van der Waals surface area (Å²) in [6.45, 7) is 4.70. The van der Waals surface area contributed by atoms with E-state index in [0.717, 1.165) is 31.6 Å². The highest BCUT2D eigenvalue weighted by Crippen LogP contribution is 2.34. The molecule has 4 aliphatic heterocycles. The minimum Gasteiger partial charge on any atom is -0.488 e. The zero-order chi connectivity index (χ0) is 21.4. The molecule has 0 bridgehead atoms. The van der Waals surface area contributed by atoms with Gasteiger partial charge in [0, 0.05) is 37.3 Å². The van der Waals surface area contributed by atoms with Gasteiger partial charge in [0.2, 0.25) is 0 Å². The Morgan fingerprint density at radius 2 is 2.00 bits per heavy atom. The molecule has 0 radical (unpaired) electrons. The van der Waals surface area contributed by atoms with E-state index in [1.807, 2.05) is 30.0 Å². The second-order valence-electron chi connectivity index (χ2n) is 8.26. The first kappa shape index (κ1) is 19.8. The van der Waals surface area contributed by atoms with Crippen molar-refractivity contribution in [1.29, 1.82) is 0 Å². The molecule has 0 spiro atoms. The van der Waals surface area contributed by atoms with Gasteiger partial charge in [-0.2, -0.15) is 0 Å². The number of hydrogen-bond donors (Lipinski definition) is 0. The van der Waals surface area contributed by atoms with Gasteiger partial charge in [0.25, 0.3) is 11.8 Å². The van der Waals surface area contributed by atoms with E-state index in [-0.39, 0.29) is 17.9 Å². The Labute approximate surface area is 181 Å². The summed E-state index contributed by atoms with van der Waals surface area (Å²) in [5, 5.41) is 0. The van der Waals surface area contributed by atoms with Crippen molar-refractivity contribution in [2.75, 3.05) is 31.1 Å². The molecular weight excluding hydrogens is 394 g/mol. The molecule has 1 aromatic rings. The van der Waals surface area contributed by atoms with Gasteiger partial charge in [0.1, 0.15) is 18.5 Å². The molecule has 8 nitrogen and oxygen atoms in total. The topological polar surface area (TPSA) is 78.3 Å². The zero-order valence-corrected chi connectivity index (χ0v) is 17.8. The number of anilines is 1. The lowest BCUT2D eigenvalue weighted by Gasteiger charge is -2.32. The average molecular weight is 422 g/mol. The van der Waals surface area contributed by atoms with E-state index in [1.54, 1.807) is 17.3 Å². The summed E-state index contributed by atoms with van der Waals surface area (Å²) in [4.78, 5) is 40.1. The highest BCUT2D eigenvalue weighted by molar-refractivity contribution is 6.13. The number of rotatable bonds is 3. The van der Waals surface area contributed by atoms with Crippen LogP contribution >= 0.6 is 0 Å². The lowest BCUT2D eigenvalue weighted by molar-refractivity contribution is -0.125. The highest BCUT2D eigenvalue weighted by atomic mass is 16.5. The van der Waals surface area contributed by atoms with Crippen molar-refractivity contribution in [1.82, 2.24) is 14.8 Å². The first-order chi connectivity index (χ1) is 15.2. The van der Waals surface area contributed by atoms with Crippen molar-refractivity contribution in [3.63, 3.8) is 0 Å². The molecule has 4 aliphatic rings. The first-order valence-electron chi connectivity index (χ1n) is 11.2. The molecule has 0 saturated carbocycles. The predicted molar refractivity (Wildman–Crippen MR) is 117 cm³/mol. The Kier molecular flexibility index (Phi) is 5.21. The third-order valence-corrected chi connectivity index (χ3v) is 6.23. The molecule has 1 unspecified atom stereocenters. The van der Waals surface area contributed by atoms with Gasteiger partial charge in [-0.3, -0.25) is 19.5 Å². The fourth-order valence-electron chi connectivity index (χ4n) is 4.50. The Balaban J connectivity index is 1.40. The number of nitrogens with zero attached hydrogens (tertiary/aromatic N) is 5. The molecule has 162 valence electrons. The number of carbonyl (C=O) groups excluding carboxylic acids is 2. The van der Waals surface area contributed by atoms with Crippen LogP contribution in [0.25, 0.3) is 0 Å². The fraction of sp³-hybridized carbons (Fsp3) is 0.478. The van der Waals surface area contributed by atoms with E-state index in [2.05, 4.69) is 14.9 Å². The third kappa shape index (κ3) is 3.60. The van der Waals surface area contributed by atoms with Gasteiger partial charge in [0.05, 0.1) is 12.1 Å². The zero-order valence-electron chi connectivity index (χ0n) is 17.8. The predicted octanol–water partition coefficient (Wildman–Crippen LogP) is 2.73. The monoisotopic (exact) mass is 421 g/mol. The van der Waals surface area contributed by atoms with Crippen LogP contribution in [0.4, 0.5) is 5.82 Å². The molecule has 1 fully saturated rings. The van der Waals surface area contributed by atoms with E-state index in [1.165, 1.54) is 12.8 Å². The molecular formula is C23H27N5O3. The van der Waals surface area contributed by atoms with E-state index in [9.17, 15) is 9.59 Å². The molecule has 0 aromatic carbocycles. The van der Waals surface area contributed by atoms with Crippen LogP contribution in [0.15, 0.2) is 41.3 Å². The number of amidine groups is 1. The molecule has 1 atom stereocenters. The number of likely N-dealkylation sites (tertiary alicyclic amines) is 1. The van der Waals surface area contributed by atoms with Crippen molar-refractivity contribution in [3.8, 4) is 5.75 Å². The maximum Gasteiger partial charge on any atom is 0.257 e. The summed E-state index contributed by atoms with van der Waals surface area (Å²) in [6.07, 6.45) is 12.4. The molecule has 0 N–H and O–H groups in total. The summed E-state index contributed by atoms with van der Waals surface area (Å²) in [7, 11) is 0. The van der Waals surface area contributed by atoms with Gasteiger partial charge < -0.3 is 14.5 Å². The van der Waals surface area contributed by atoms with Crippen LogP contribution in [0, 0.1) is 0 Å². The van der Waals surface area contributed by atoms with Crippen molar-refractivity contribution >= 4 is 23.5 Å². The van der Waals surface area contributed by atoms with Gasteiger partial charge >= 0.3 is 0 Å². The summed E-state index contributed by atoms with van der Waals surface area (Å²) in [5.74, 6) is 1.99. The van der Waals surface area contributed by atoms with Crippen molar-refractivity contribution < 1.29 is 14.3 Å². The van der Waals surface area contributed by atoms with Crippen LogP contribution < -0.4 is 9.64 Å². The Bertz CT molecular complexity index is 991. The van der Waals surface area contributed by atoms with E-state index >= 15 is 0 Å². The summed E-state index contributed by atoms with van der Waals surface area (Å²) in [6, 6.07) is 1.50. The standard InChI is InChI=1S/C23H27N5O3/c1-2-18-23(30)28-10-7-17(14-20(28)25-18)27-11-12-31-19-13-16(15-24-21(19)27)22(29)26-8-5-3-4-6-9-26/h7,10,13-15,18H,2-6,8-9,11-12H2,1H3. The molecule has 31 heavy (non-hydrogen) atoms. The van der Waals surface area contributed by atoms with E-state index in [0.29, 0.717) is 42.5 Å². The molecule has 2 amide bonds. The average Bonchev–Trinajstić information content (AvgIpc) is 2.97. The first-order valence-corrected chi connectivity index (χ1v) is 11.2. The van der Waals surface area contributed by atoms with Gasteiger partial charge in [-0.25, -0.2) is 4.98 Å². The van der Waals surface area contributed by atoms with E-state index < -0.39 is 0 Å². The number of ether oxygens (including phenoxy) is 1. The van der Waals surface area contributed by atoms with E-state index in [4.69, 9.17) is 4.74 Å². The molecule has 1 aromatic heterocycles. The number of hydrogen-bond acceptors (Lipinski definition) is 6. The Morgan fingerprint density at radius 3 is 2.77 bits per heavy atom. The van der Waals surface area contributed by atoms with Gasteiger partial charge in [-0.1, -0.05) is 19.8 Å². The number of amides is 2. The maximum atomic E-state index is 13.0. The van der Waals surface area contributed by atoms with Gasteiger partial charge in [-0.05, 0) is 31.4 Å². The molecule has 5 heterocycles. The smallest absolute Gasteiger partial charge is 0.257 e. The third-order valence-electron chi connectivity index (χ3n) is 6.23. The van der Waals surface area contributed by atoms with Crippen LogP contribution in [0.5, 0.6) is 5.75 Å². The van der Waals surface area contributed by atoms with Gasteiger partial charge in [-0.15, -0.1) is 0 Å². The Morgan fingerprint density at radius 1 is 1.19 bits per heavy atom. The minimum absolute atomic E-state index is 0.0150. The number of pyridine rings is 1. The normalized spacial score (nSPS) is 22.9. The minimum atomic E-state index is -0.307. The van der Waals surface area contributed by atoms with Crippen LogP contribution in [-0.4, -0.2) is 64.7 Å². The second kappa shape index (κ2) is 8.17. The number of carbonyl (C=O) groups is 2. The summed E-state index contributed by atoms with van der Waals surface area (Å²) >= 11 is 0. The lowest BCUT2D eigenvalue weighted by Crippen LogP contribution is -2.37. The van der Waals surface area contributed by atoms with Crippen LogP contribution in [0.3, 0.4) is 0 Å². The molecule has 8 heteroatoms. The van der Waals surface area contributed by atoms with Gasteiger partial charge in [0.15, 0.2) is 11.6 Å². The van der Waals surface area contributed by atoms with Crippen molar-refractivity contribution in [2.45, 2.75) is 45.1 Å². The number of aliphatic imine (C=N–C) groups is 1. The van der Waals surface area contributed by atoms with Crippen LogP contribution in [-0.2, 0) is 4.79 Å². The number of fused-ring (bicyclic) bond motifs is 2. The molecule has 5 rings (SSSR count).